The summed E-state index contributed by atoms with van der Waals surface area (Å²) in [5.74, 6) is 0.446. The number of nitriles is 1. The van der Waals surface area contributed by atoms with Gasteiger partial charge < -0.3 is 9.64 Å². The number of sulfone groups is 1. The molecular formula is C36H45FN2O4S. The monoisotopic (exact) mass is 620 g/mol. The van der Waals surface area contributed by atoms with Gasteiger partial charge in [0.1, 0.15) is 11.9 Å². The van der Waals surface area contributed by atoms with Crippen LogP contribution in [0.2, 0.25) is 0 Å². The lowest BCUT2D eigenvalue weighted by Gasteiger charge is -2.45. The highest BCUT2D eigenvalue weighted by atomic mass is 32.2. The first-order valence-corrected chi connectivity index (χ1v) is 18.2. The Morgan fingerprint density at radius 1 is 0.955 bits per heavy atom. The summed E-state index contributed by atoms with van der Waals surface area (Å²) in [5.41, 5.74) is 0.579. The quantitative estimate of drug-likeness (QED) is 0.244. The van der Waals surface area contributed by atoms with E-state index < -0.39 is 15.3 Å². The van der Waals surface area contributed by atoms with E-state index in [1.807, 2.05) is 18.2 Å². The number of esters is 1. The van der Waals surface area contributed by atoms with Crippen molar-refractivity contribution in [2.75, 3.05) is 18.0 Å². The van der Waals surface area contributed by atoms with Gasteiger partial charge in [0.05, 0.1) is 21.6 Å². The summed E-state index contributed by atoms with van der Waals surface area (Å²) in [6.45, 7) is 3.44. The van der Waals surface area contributed by atoms with Gasteiger partial charge in [0, 0.05) is 37.2 Å². The van der Waals surface area contributed by atoms with Gasteiger partial charge in [-0.2, -0.15) is 5.26 Å². The Kier molecular flexibility index (Phi) is 9.06. The average molecular weight is 621 g/mol. The van der Waals surface area contributed by atoms with Crippen LogP contribution >= 0.6 is 0 Å². The van der Waals surface area contributed by atoms with Crippen LogP contribution in [-0.4, -0.2) is 38.8 Å². The van der Waals surface area contributed by atoms with Gasteiger partial charge in [-0.15, -0.1) is 0 Å². The van der Waals surface area contributed by atoms with Crippen molar-refractivity contribution in [3.8, 4) is 6.07 Å². The molecule has 4 aliphatic rings. The van der Waals surface area contributed by atoms with Gasteiger partial charge in [-0.1, -0.05) is 43.9 Å². The second-order valence-electron chi connectivity index (χ2n) is 13.8. The summed E-state index contributed by atoms with van der Waals surface area (Å²) in [4.78, 5) is 14.7. The number of carbonyl (C=O) groups excluding carboxylic acids is 1. The van der Waals surface area contributed by atoms with Crippen molar-refractivity contribution in [3.63, 3.8) is 0 Å². The van der Waals surface area contributed by atoms with E-state index in [9.17, 15) is 18.5 Å². The molecule has 3 atom stereocenters. The van der Waals surface area contributed by atoms with Crippen LogP contribution in [0.3, 0.4) is 0 Å². The number of halogens is 1. The van der Waals surface area contributed by atoms with Crippen molar-refractivity contribution >= 4 is 21.5 Å². The molecule has 6 nitrogen and oxygen atoms in total. The lowest BCUT2D eigenvalue weighted by molar-refractivity contribution is -0.149. The van der Waals surface area contributed by atoms with Crippen LogP contribution in [0, 0.1) is 40.8 Å². The standard InChI is InChI=1S/C36H45FN2O4S/c1-25(40)43-35-11-5-9-33(35)36(24-38,32-8-2-3-10-34(32)37)28-14-12-26(13-15-28)6-4-7-27-22-39(23-27)29-16-18-30(19-17-29)44(41,42)31-20-21-31/h2-3,8,10,16-19,26-28,31,33,35H,4-7,9,11-15,20-23H2,1H3/t26?,28?,33-,35-,36?/m0/s1. The molecule has 1 aliphatic heterocycles. The van der Waals surface area contributed by atoms with Crippen molar-refractivity contribution in [1.29, 1.82) is 5.26 Å². The Hall–Kier alpha value is -2.92. The summed E-state index contributed by atoms with van der Waals surface area (Å²) >= 11 is 0. The zero-order chi connectivity index (χ0) is 30.9. The molecule has 8 heteroatoms. The van der Waals surface area contributed by atoms with Crippen LogP contribution in [0.4, 0.5) is 10.1 Å². The molecule has 0 amide bonds. The van der Waals surface area contributed by atoms with Crippen molar-refractivity contribution in [3.05, 3.63) is 59.9 Å². The van der Waals surface area contributed by atoms with Crippen LogP contribution in [0.15, 0.2) is 53.4 Å². The molecule has 1 unspecified atom stereocenters. The molecule has 0 aromatic heterocycles. The predicted molar refractivity (Wildman–Crippen MR) is 168 cm³/mol. The first-order chi connectivity index (χ1) is 21.2. The number of anilines is 1. The highest BCUT2D eigenvalue weighted by Gasteiger charge is 2.54. The lowest BCUT2D eigenvalue weighted by Crippen LogP contribution is -2.47. The Labute approximate surface area is 261 Å². The van der Waals surface area contributed by atoms with Gasteiger partial charge >= 0.3 is 5.97 Å². The van der Waals surface area contributed by atoms with Crippen molar-refractivity contribution < 1.29 is 22.3 Å². The first-order valence-electron chi connectivity index (χ1n) is 16.6. The first kappa shape index (κ1) is 31.1. The van der Waals surface area contributed by atoms with E-state index in [1.165, 1.54) is 32.3 Å². The number of nitrogens with zero attached hydrogens (tertiary/aromatic N) is 2. The largest absolute Gasteiger partial charge is 0.462 e. The molecule has 0 radical (unpaired) electrons. The highest BCUT2D eigenvalue weighted by molar-refractivity contribution is 7.92. The summed E-state index contributed by atoms with van der Waals surface area (Å²) in [7, 11) is -3.14. The number of hydrogen-bond acceptors (Lipinski definition) is 6. The topological polar surface area (TPSA) is 87.5 Å². The third kappa shape index (κ3) is 6.14. The van der Waals surface area contributed by atoms with Crippen LogP contribution in [-0.2, 0) is 24.8 Å². The van der Waals surface area contributed by atoms with Gasteiger partial charge in [0.25, 0.3) is 0 Å². The Balaban J connectivity index is 1.01. The average Bonchev–Trinajstić information content (AvgIpc) is 3.77. The minimum absolute atomic E-state index is 0.0349. The lowest BCUT2D eigenvalue weighted by atomic mass is 9.57. The van der Waals surface area contributed by atoms with Crippen molar-refractivity contribution in [2.24, 2.45) is 23.7 Å². The van der Waals surface area contributed by atoms with E-state index in [4.69, 9.17) is 4.74 Å². The summed E-state index contributed by atoms with van der Waals surface area (Å²) in [6.07, 6.45) is 11.0. The molecule has 0 N–H and O–H groups in total. The maximum Gasteiger partial charge on any atom is 0.302 e. The molecule has 3 saturated carbocycles. The fourth-order valence-corrected chi connectivity index (χ4v) is 10.2. The molecule has 0 bridgehead atoms. The molecule has 0 spiro atoms. The Morgan fingerprint density at radius 2 is 1.64 bits per heavy atom. The number of carbonyl (C=O) groups is 1. The van der Waals surface area contributed by atoms with Crippen LogP contribution in [0.1, 0.15) is 89.5 Å². The SMILES string of the molecule is CC(=O)O[C@H]1CCC[C@@H]1C(C#N)(c1ccccc1F)C1CCC(CCCC2CN(c3ccc(S(=O)(=O)C4CC4)cc3)C2)CC1. The fourth-order valence-electron chi connectivity index (χ4n) is 8.54. The predicted octanol–water partition coefficient (Wildman–Crippen LogP) is 7.37. The second kappa shape index (κ2) is 12.8. The number of ether oxygens (including phenoxy) is 1. The Morgan fingerprint density at radius 3 is 2.27 bits per heavy atom. The minimum Gasteiger partial charge on any atom is -0.462 e. The maximum absolute atomic E-state index is 15.4. The molecule has 6 rings (SSSR count). The van der Waals surface area contributed by atoms with Gasteiger partial charge in [-0.3, -0.25) is 4.79 Å². The third-order valence-electron chi connectivity index (χ3n) is 11.0. The summed E-state index contributed by atoms with van der Waals surface area (Å²) in [6, 6.07) is 16.8. The van der Waals surface area contributed by atoms with E-state index in [0.717, 1.165) is 76.6 Å². The zero-order valence-corrected chi connectivity index (χ0v) is 26.6. The van der Waals surface area contributed by atoms with Gasteiger partial charge in [0.2, 0.25) is 0 Å². The Bertz CT molecular complexity index is 1470. The van der Waals surface area contributed by atoms with E-state index in [0.29, 0.717) is 22.3 Å². The van der Waals surface area contributed by atoms with E-state index >= 15 is 4.39 Å². The number of rotatable bonds is 11. The fraction of sp³-hybridized carbons (Fsp3) is 0.611. The summed E-state index contributed by atoms with van der Waals surface area (Å²) in [5, 5.41) is 10.6. The normalized spacial score (nSPS) is 27.2. The second-order valence-corrected chi connectivity index (χ2v) is 16.0. The van der Waals surface area contributed by atoms with Gasteiger partial charge in [0.15, 0.2) is 9.84 Å². The molecule has 236 valence electrons. The van der Waals surface area contributed by atoms with Crippen LogP contribution in [0.25, 0.3) is 0 Å². The molecule has 1 heterocycles. The van der Waals surface area contributed by atoms with E-state index in [2.05, 4.69) is 11.0 Å². The number of hydrogen-bond donors (Lipinski definition) is 0. The molecule has 4 fully saturated rings. The van der Waals surface area contributed by atoms with E-state index in [1.54, 1.807) is 24.3 Å². The third-order valence-corrected chi connectivity index (χ3v) is 13.3. The van der Waals surface area contributed by atoms with Crippen LogP contribution in [0.5, 0.6) is 0 Å². The van der Waals surface area contributed by atoms with Gasteiger partial charge in [-0.25, -0.2) is 12.8 Å². The van der Waals surface area contributed by atoms with Gasteiger partial charge in [-0.05, 0) is 99.5 Å². The smallest absolute Gasteiger partial charge is 0.302 e. The molecular weight excluding hydrogens is 575 g/mol. The molecule has 2 aromatic rings. The maximum atomic E-state index is 15.4. The highest BCUT2D eigenvalue weighted by Crippen LogP contribution is 2.53. The van der Waals surface area contributed by atoms with E-state index in [-0.39, 0.29) is 35.0 Å². The van der Waals surface area contributed by atoms with Crippen LogP contribution < -0.4 is 4.90 Å². The summed E-state index contributed by atoms with van der Waals surface area (Å²) < 4.78 is 46.0. The van der Waals surface area contributed by atoms with Crippen molar-refractivity contribution in [1.82, 2.24) is 0 Å². The molecule has 2 aromatic carbocycles. The number of benzene rings is 2. The molecule has 3 aliphatic carbocycles. The minimum atomic E-state index is -3.14. The molecule has 44 heavy (non-hydrogen) atoms. The molecule has 1 saturated heterocycles. The zero-order valence-electron chi connectivity index (χ0n) is 25.8. The van der Waals surface area contributed by atoms with Crippen molar-refractivity contribution in [2.45, 2.75) is 106 Å².